The summed E-state index contributed by atoms with van der Waals surface area (Å²) in [6.07, 6.45) is 6.77. The fourth-order valence-corrected chi connectivity index (χ4v) is 1.20. The van der Waals surface area contributed by atoms with Gasteiger partial charge in [-0.15, -0.1) is 0 Å². The highest BCUT2D eigenvalue weighted by molar-refractivity contribution is 5.78. The lowest BCUT2D eigenvalue weighted by atomic mass is 10.3. The van der Waals surface area contributed by atoms with Crippen LogP contribution in [-0.4, -0.2) is 28.5 Å². The van der Waals surface area contributed by atoms with Crippen molar-refractivity contribution in [2.45, 2.75) is 25.3 Å². The van der Waals surface area contributed by atoms with Crippen molar-refractivity contribution in [3.8, 4) is 0 Å². The van der Waals surface area contributed by atoms with Crippen LogP contribution in [-0.2, 0) is 6.42 Å². The third-order valence-electron chi connectivity index (χ3n) is 2.15. The molecule has 1 aromatic rings. The van der Waals surface area contributed by atoms with Gasteiger partial charge in [0.1, 0.15) is 0 Å². The summed E-state index contributed by atoms with van der Waals surface area (Å²) in [5.74, 6) is 0.562. The Kier molecular flexibility index (Phi) is 2.67. The van der Waals surface area contributed by atoms with Gasteiger partial charge in [0.05, 0.1) is 6.33 Å². The molecular weight excluding hydrogens is 178 g/mol. The predicted molar refractivity (Wildman–Crippen MR) is 54.9 cm³/mol. The van der Waals surface area contributed by atoms with E-state index in [2.05, 4.69) is 20.3 Å². The molecule has 14 heavy (non-hydrogen) atoms. The van der Waals surface area contributed by atoms with Gasteiger partial charge >= 0.3 is 0 Å². The molecule has 0 saturated heterocycles. The molecule has 0 amide bonds. The van der Waals surface area contributed by atoms with Crippen molar-refractivity contribution in [2.75, 3.05) is 6.54 Å². The first kappa shape index (κ1) is 9.05. The molecule has 1 aliphatic carbocycles. The van der Waals surface area contributed by atoms with E-state index in [-0.39, 0.29) is 0 Å². The van der Waals surface area contributed by atoms with Crippen LogP contribution in [0.4, 0.5) is 0 Å². The van der Waals surface area contributed by atoms with Gasteiger partial charge in [-0.2, -0.15) is 0 Å². The van der Waals surface area contributed by atoms with Crippen LogP contribution >= 0.6 is 0 Å². The van der Waals surface area contributed by atoms with E-state index in [0.717, 1.165) is 12.1 Å². The van der Waals surface area contributed by atoms with Crippen molar-refractivity contribution in [3.05, 3.63) is 18.2 Å². The number of aliphatic imine (C=N–C) groups is 1. The van der Waals surface area contributed by atoms with Gasteiger partial charge in [-0.05, 0) is 12.8 Å². The smallest absolute Gasteiger partial charge is 0.188 e. The van der Waals surface area contributed by atoms with Crippen LogP contribution in [0.25, 0.3) is 0 Å². The van der Waals surface area contributed by atoms with Gasteiger partial charge in [-0.25, -0.2) is 4.98 Å². The predicted octanol–water partition coefficient (Wildman–Crippen LogP) is 0.0189. The van der Waals surface area contributed by atoms with E-state index in [1.165, 1.54) is 12.8 Å². The second kappa shape index (κ2) is 4.13. The van der Waals surface area contributed by atoms with Crippen molar-refractivity contribution in [3.63, 3.8) is 0 Å². The summed E-state index contributed by atoms with van der Waals surface area (Å²) >= 11 is 0. The second-order valence-electron chi connectivity index (χ2n) is 3.51. The fourth-order valence-electron chi connectivity index (χ4n) is 1.20. The molecule has 0 aliphatic heterocycles. The first-order chi connectivity index (χ1) is 6.84. The minimum absolute atomic E-state index is 0.562. The Bertz CT molecular complexity index is 299. The summed E-state index contributed by atoms with van der Waals surface area (Å²) in [5, 5.41) is 3.14. The van der Waals surface area contributed by atoms with E-state index >= 15 is 0 Å². The van der Waals surface area contributed by atoms with E-state index in [4.69, 9.17) is 5.73 Å². The van der Waals surface area contributed by atoms with Crippen LogP contribution in [0.3, 0.4) is 0 Å². The molecule has 1 saturated carbocycles. The molecule has 0 atom stereocenters. The minimum Gasteiger partial charge on any atom is -0.370 e. The number of H-pyrrole nitrogens is 1. The monoisotopic (exact) mass is 193 g/mol. The average Bonchev–Trinajstić information content (AvgIpc) is 2.82. The minimum atomic E-state index is 0.562. The molecule has 0 unspecified atom stereocenters. The molecule has 0 spiro atoms. The first-order valence-electron chi connectivity index (χ1n) is 4.88. The van der Waals surface area contributed by atoms with E-state index in [0.29, 0.717) is 18.5 Å². The number of hydrogen-bond acceptors (Lipinski definition) is 2. The molecule has 5 heteroatoms. The largest absolute Gasteiger partial charge is 0.370 e. The summed E-state index contributed by atoms with van der Waals surface area (Å²) < 4.78 is 0. The lowest BCUT2D eigenvalue weighted by Gasteiger charge is -2.01. The Morgan fingerprint density at radius 1 is 1.71 bits per heavy atom. The number of imidazole rings is 1. The molecule has 1 fully saturated rings. The van der Waals surface area contributed by atoms with Gasteiger partial charge < -0.3 is 16.0 Å². The molecule has 2 rings (SSSR count). The van der Waals surface area contributed by atoms with Gasteiger partial charge in [0.2, 0.25) is 0 Å². The van der Waals surface area contributed by atoms with Crippen molar-refractivity contribution < 1.29 is 0 Å². The molecule has 0 bridgehead atoms. The summed E-state index contributed by atoms with van der Waals surface area (Å²) in [7, 11) is 0. The Balaban J connectivity index is 1.69. The maximum atomic E-state index is 5.67. The van der Waals surface area contributed by atoms with E-state index in [1.54, 1.807) is 12.5 Å². The standard InChI is InChI=1S/C9H15N5/c10-9(14-7-1-2-7)12-4-3-8-5-11-6-13-8/h5-7H,1-4H2,(H,11,13)(H3,10,12,14). The van der Waals surface area contributed by atoms with Crippen molar-refractivity contribution in [2.24, 2.45) is 10.7 Å². The number of rotatable bonds is 4. The van der Waals surface area contributed by atoms with Crippen molar-refractivity contribution in [1.82, 2.24) is 15.3 Å². The number of guanidine groups is 1. The highest BCUT2D eigenvalue weighted by Crippen LogP contribution is 2.17. The number of aromatic amines is 1. The normalized spacial score (nSPS) is 17.0. The highest BCUT2D eigenvalue weighted by Gasteiger charge is 2.21. The number of nitrogens with zero attached hydrogens (tertiary/aromatic N) is 2. The Morgan fingerprint density at radius 2 is 2.57 bits per heavy atom. The Labute approximate surface area is 82.8 Å². The summed E-state index contributed by atoms with van der Waals surface area (Å²) in [4.78, 5) is 11.2. The summed E-state index contributed by atoms with van der Waals surface area (Å²) in [6.45, 7) is 0.702. The van der Waals surface area contributed by atoms with Crippen LogP contribution in [0.15, 0.2) is 17.5 Å². The molecular formula is C9H15N5. The molecule has 4 N–H and O–H groups in total. The number of nitrogens with one attached hydrogen (secondary N) is 2. The first-order valence-corrected chi connectivity index (χ1v) is 4.88. The topological polar surface area (TPSA) is 79.1 Å². The third-order valence-corrected chi connectivity index (χ3v) is 2.15. The summed E-state index contributed by atoms with van der Waals surface area (Å²) in [6, 6.07) is 0.575. The molecule has 1 aliphatic rings. The molecule has 0 radical (unpaired) electrons. The number of nitrogens with two attached hydrogens (primary N) is 1. The third kappa shape index (κ3) is 2.76. The van der Waals surface area contributed by atoms with Gasteiger partial charge in [-0.1, -0.05) is 0 Å². The Morgan fingerprint density at radius 3 is 3.21 bits per heavy atom. The zero-order chi connectivity index (χ0) is 9.80. The molecule has 1 heterocycles. The molecule has 1 aromatic heterocycles. The lowest BCUT2D eigenvalue weighted by Crippen LogP contribution is -2.33. The molecule has 76 valence electrons. The zero-order valence-corrected chi connectivity index (χ0v) is 8.03. The quantitative estimate of drug-likeness (QED) is 0.466. The SMILES string of the molecule is NC(=NCCc1cnc[nH]1)NC1CC1. The van der Waals surface area contributed by atoms with E-state index in [9.17, 15) is 0 Å². The highest BCUT2D eigenvalue weighted by atomic mass is 15.1. The maximum Gasteiger partial charge on any atom is 0.188 e. The van der Waals surface area contributed by atoms with Crippen LogP contribution in [0, 0.1) is 0 Å². The summed E-state index contributed by atoms with van der Waals surface area (Å²) in [5.41, 5.74) is 6.76. The van der Waals surface area contributed by atoms with Gasteiger partial charge in [0.25, 0.3) is 0 Å². The van der Waals surface area contributed by atoms with Gasteiger partial charge in [-0.3, -0.25) is 4.99 Å². The number of aromatic nitrogens is 2. The maximum absolute atomic E-state index is 5.67. The van der Waals surface area contributed by atoms with Crippen molar-refractivity contribution >= 4 is 5.96 Å². The van der Waals surface area contributed by atoms with Crippen LogP contribution in [0.2, 0.25) is 0 Å². The molecule has 5 nitrogen and oxygen atoms in total. The fraction of sp³-hybridized carbons (Fsp3) is 0.556. The zero-order valence-electron chi connectivity index (χ0n) is 8.03. The van der Waals surface area contributed by atoms with E-state index < -0.39 is 0 Å². The lowest BCUT2D eigenvalue weighted by molar-refractivity contribution is 0.864. The Hall–Kier alpha value is -1.52. The molecule has 0 aromatic carbocycles. The van der Waals surface area contributed by atoms with Gasteiger partial charge in [0, 0.05) is 30.9 Å². The van der Waals surface area contributed by atoms with Gasteiger partial charge in [0.15, 0.2) is 5.96 Å². The van der Waals surface area contributed by atoms with E-state index in [1.807, 2.05) is 0 Å². The van der Waals surface area contributed by atoms with Crippen LogP contribution in [0.5, 0.6) is 0 Å². The van der Waals surface area contributed by atoms with Crippen LogP contribution in [0.1, 0.15) is 18.5 Å². The second-order valence-corrected chi connectivity index (χ2v) is 3.51. The average molecular weight is 193 g/mol. The van der Waals surface area contributed by atoms with Crippen LogP contribution < -0.4 is 11.1 Å². The number of hydrogen-bond donors (Lipinski definition) is 3. The van der Waals surface area contributed by atoms with Crippen molar-refractivity contribution in [1.29, 1.82) is 0 Å².